The molecule has 0 spiro atoms. The normalized spacial score (nSPS) is 20.0. The van der Waals surface area contributed by atoms with Gasteiger partial charge in [-0.05, 0) is 30.7 Å². The number of hydrogen-bond donors (Lipinski definition) is 2. The second-order valence-electron chi connectivity index (χ2n) is 3.75. The number of anilines is 1. The molecular formula is C11H14FN3O. The Morgan fingerprint density at radius 3 is 2.69 bits per heavy atom. The molecule has 1 aromatic carbocycles. The van der Waals surface area contributed by atoms with Crippen molar-refractivity contribution in [1.82, 2.24) is 11.0 Å². The summed E-state index contributed by atoms with van der Waals surface area (Å²) in [6.45, 7) is 2.02. The van der Waals surface area contributed by atoms with E-state index in [0.29, 0.717) is 0 Å². The highest BCUT2D eigenvalue weighted by atomic mass is 19.1. The standard InChI is InChI=1S/C11H14FN3O/c1-2-3-10-11(16)13-14-15(10)9-6-4-8(12)5-7-9/h4-7,10,14H,2-3H2,1H3,(H,13,16)/t10-/m0/s1. The predicted octanol–water partition coefficient (Wildman–Crippen LogP) is 1.35. The van der Waals surface area contributed by atoms with Crippen molar-refractivity contribution < 1.29 is 9.18 Å². The lowest BCUT2D eigenvalue weighted by atomic mass is 10.1. The lowest BCUT2D eigenvalue weighted by Crippen LogP contribution is -2.39. The first-order valence-electron chi connectivity index (χ1n) is 5.32. The summed E-state index contributed by atoms with van der Waals surface area (Å²) >= 11 is 0. The number of carbonyl (C=O) groups is 1. The first-order chi connectivity index (χ1) is 7.72. The molecule has 0 aromatic heterocycles. The largest absolute Gasteiger partial charge is 0.278 e. The molecular weight excluding hydrogens is 209 g/mol. The number of hydrazine groups is 2. The first kappa shape index (κ1) is 10.9. The number of rotatable bonds is 3. The molecule has 2 N–H and O–H groups in total. The smallest absolute Gasteiger partial charge is 0.259 e. The van der Waals surface area contributed by atoms with Gasteiger partial charge in [0.25, 0.3) is 5.91 Å². The van der Waals surface area contributed by atoms with Gasteiger partial charge >= 0.3 is 0 Å². The first-order valence-corrected chi connectivity index (χ1v) is 5.32. The van der Waals surface area contributed by atoms with Gasteiger partial charge in [0.2, 0.25) is 0 Å². The van der Waals surface area contributed by atoms with Crippen LogP contribution in [0.15, 0.2) is 24.3 Å². The van der Waals surface area contributed by atoms with Crippen LogP contribution in [-0.4, -0.2) is 11.9 Å². The molecule has 1 aromatic rings. The summed E-state index contributed by atoms with van der Waals surface area (Å²) < 4.78 is 12.8. The number of carbonyl (C=O) groups excluding carboxylic acids is 1. The Balaban J connectivity index is 2.19. The molecule has 0 radical (unpaired) electrons. The van der Waals surface area contributed by atoms with E-state index < -0.39 is 0 Å². The molecule has 1 aliphatic heterocycles. The molecule has 86 valence electrons. The van der Waals surface area contributed by atoms with Crippen LogP contribution in [0.3, 0.4) is 0 Å². The maximum Gasteiger partial charge on any atom is 0.259 e. The van der Waals surface area contributed by atoms with E-state index in [-0.39, 0.29) is 17.8 Å². The van der Waals surface area contributed by atoms with Crippen LogP contribution in [0.25, 0.3) is 0 Å². The molecule has 1 fully saturated rings. The summed E-state index contributed by atoms with van der Waals surface area (Å²) in [7, 11) is 0. The highest BCUT2D eigenvalue weighted by Crippen LogP contribution is 2.20. The average Bonchev–Trinajstić information content (AvgIpc) is 2.63. The van der Waals surface area contributed by atoms with E-state index in [1.165, 1.54) is 12.1 Å². The maximum absolute atomic E-state index is 12.8. The van der Waals surface area contributed by atoms with Crippen molar-refractivity contribution in [3.8, 4) is 0 Å². The molecule has 1 heterocycles. The third-order valence-corrected chi connectivity index (χ3v) is 2.58. The molecule has 2 rings (SSSR count). The Hall–Kier alpha value is -1.62. The topological polar surface area (TPSA) is 44.4 Å². The van der Waals surface area contributed by atoms with Crippen LogP contribution in [0.4, 0.5) is 10.1 Å². The zero-order valence-electron chi connectivity index (χ0n) is 9.03. The molecule has 1 saturated heterocycles. The van der Waals surface area contributed by atoms with Gasteiger partial charge in [0.1, 0.15) is 11.9 Å². The maximum atomic E-state index is 12.8. The highest BCUT2D eigenvalue weighted by Gasteiger charge is 2.31. The minimum absolute atomic E-state index is 0.0498. The van der Waals surface area contributed by atoms with Gasteiger partial charge in [0, 0.05) is 0 Å². The number of halogens is 1. The third-order valence-electron chi connectivity index (χ3n) is 2.58. The van der Waals surface area contributed by atoms with Gasteiger partial charge in [0.05, 0.1) is 5.69 Å². The third kappa shape index (κ3) is 1.99. The second kappa shape index (κ2) is 4.49. The van der Waals surface area contributed by atoms with E-state index in [4.69, 9.17) is 0 Å². The Labute approximate surface area is 93.4 Å². The van der Waals surface area contributed by atoms with Crippen molar-refractivity contribution in [3.05, 3.63) is 30.1 Å². The summed E-state index contributed by atoms with van der Waals surface area (Å²) in [5.74, 6) is -0.333. The minimum atomic E-state index is -0.283. The highest BCUT2D eigenvalue weighted by molar-refractivity contribution is 5.87. The molecule has 16 heavy (non-hydrogen) atoms. The van der Waals surface area contributed by atoms with Crippen molar-refractivity contribution in [2.24, 2.45) is 0 Å². The van der Waals surface area contributed by atoms with E-state index in [1.807, 2.05) is 6.92 Å². The van der Waals surface area contributed by atoms with E-state index in [0.717, 1.165) is 18.5 Å². The second-order valence-corrected chi connectivity index (χ2v) is 3.75. The molecule has 1 atom stereocenters. The molecule has 0 aliphatic carbocycles. The van der Waals surface area contributed by atoms with E-state index >= 15 is 0 Å². The number of benzene rings is 1. The minimum Gasteiger partial charge on any atom is -0.278 e. The Morgan fingerprint density at radius 2 is 2.06 bits per heavy atom. The SMILES string of the molecule is CCC[C@H]1C(=O)NNN1c1ccc(F)cc1. The summed E-state index contributed by atoms with van der Waals surface area (Å²) in [5, 5.41) is 1.73. The number of nitrogens with one attached hydrogen (secondary N) is 2. The monoisotopic (exact) mass is 223 g/mol. The fourth-order valence-corrected chi connectivity index (χ4v) is 1.77. The Morgan fingerprint density at radius 1 is 1.38 bits per heavy atom. The average molecular weight is 223 g/mol. The molecule has 0 saturated carbocycles. The predicted molar refractivity (Wildman–Crippen MR) is 58.9 cm³/mol. The van der Waals surface area contributed by atoms with Gasteiger partial charge in [-0.1, -0.05) is 13.3 Å². The molecule has 1 aliphatic rings. The van der Waals surface area contributed by atoms with Crippen molar-refractivity contribution >= 4 is 11.6 Å². The number of hydrogen-bond acceptors (Lipinski definition) is 3. The lowest BCUT2D eigenvalue weighted by molar-refractivity contribution is -0.120. The van der Waals surface area contributed by atoms with Crippen molar-refractivity contribution in [2.45, 2.75) is 25.8 Å². The van der Waals surface area contributed by atoms with Crippen LogP contribution in [-0.2, 0) is 4.79 Å². The van der Waals surface area contributed by atoms with Crippen molar-refractivity contribution in [1.29, 1.82) is 0 Å². The van der Waals surface area contributed by atoms with E-state index in [2.05, 4.69) is 11.0 Å². The van der Waals surface area contributed by atoms with E-state index in [1.54, 1.807) is 17.1 Å². The van der Waals surface area contributed by atoms with Gasteiger partial charge < -0.3 is 0 Å². The summed E-state index contributed by atoms with van der Waals surface area (Å²) in [4.78, 5) is 11.5. The fraction of sp³-hybridized carbons (Fsp3) is 0.364. The molecule has 0 unspecified atom stereocenters. The van der Waals surface area contributed by atoms with Crippen LogP contribution < -0.4 is 16.0 Å². The number of amides is 1. The van der Waals surface area contributed by atoms with Crippen LogP contribution >= 0.6 is 0 Å². The Kier molecular flexibility index (Phi) is 3.05. The quantitative estimate of drug-likeness (QED) is 0.813. The van der Waals surface area contributed by atoms with Gasteiger partial charge in [-0.3, -0.25) is 15.2 Å². The van der Waals surface area contributed by atoms with Crippen LogP contribution in [0.5, 0.6) is 0 Å². The van der Waals surface area contributed by atoms with Crippen LogP contribution in [0.1, 0.15) is 19.8 Å². The van der Waals surface area contributed by atoms with E-state index in [9.17, 15) is 9.18 Å². The molecule has 0 bridgehead atoms. The summed E-state index contributed by atoms with van der Waals surface area (Å²) in [6, 6.07) is 5.82. The Bertz CT molecular complexity index is 379. The van der Waals surface area contributed by atoms with Crippen molar-refractivity contribution in [3.63, 3.8) is 0 Å². The van der Waals surface area contributed by atoms with Crippen molar-refractivity contribution in [2.75, 3.05) is 5.01 Å². The summed E-state index contributed by atoms with van der Waals surface area (Å²) in [5.41, 5.74) is 6.13. The fourth-order valence-electron chi connectivity index (χ4n) is 1.77. The molecule has 5 heteroatoms. The van der Waals surface area contributed by atoms with Gasteiger partial charge in [-0.25, -0.2) is 4.39 Å². The zero-order chi connectivity index (χ0) is 11.5. The lowest BCUT2D eigenvalue weighted by Gasteiger charge is -2.22. The summed E-state index contributed by atoms with van der Waals surface area (Å²) in [6.07, 6.45) is 1.67. The molecule has 4 nitrogen and oxygen atoms in total. The molecule has 1 amide bonds. The van der Waals surface area contributed by atoms with Gasteiger partial charge in [-0.15, -0.1) is 5.53 Å². The van der Waals surface area contributed by atoms with Crippen LogP contribution in [0, 0.1) is 5.82 Å². The zero-order valence-corrected chi connectivity index (χ0v) is 9.03. The van der Waals surface area contributed by atoms with Gasteiger partial charge in [-0.2, -0.15) is 0 Å². The van der Waals surface area contributed by atoms with Gasteiger partial charge in [0.15, 0.2) is 0 Å². The number of nitrogens with zero attached hydrogens (tertiary/aromatic N) is 1. The van der Waals surface area contributed by atoms with Crippen LogP contribution in [0.2, 0.25) is 0 Å².